The molecule has 0 aliphatic heterocycles. The summed E-state index contributed by atoms with van der Waals surface area (Å²) >= 11 is 0. The second kappa shape index (κ2) is 5.93. The van der Waals surface area contributed by atoms with E-state index in [-0.39, 0.29) is 6.04 Å². The molecule has 0 radical (unpaired) electrons. The molecule has 3 heterocycles. The largest absolute Gasteiger partial charge is 0.373 e. The fraction of sp³-hybridized carbons (Fsp3) is 0.0526. The fourth-order valence-electron chi connectivity index (χ4n) is 2.83. The van der Waals surface area contributed by atoms with Gasteiger partial charge in [-0.3, -0.25) is 9.97 Å². The van der Waals surface area contributed by atoms with Crippen LogP contribution in [0, 0.1) is 0 Å². The molecule has 0 saturated heterocycles. The van der Waals surface area contributed by atoms with Crippen molar-refractivity contribution in [3.8, 4) is 0 Å². The minimum atomic E-state index is 0.00375. The van der Waals surface area contributed by atoms with Crippen molar-refractivity contribution in [3.63, 3.8) is 0 Å². The summed E-state index contributed by atoms with van der Waals surface area (Å²) in [5.74, 6) is 0. The van der Waals surface area contributed by atoms with Crippen LogP contribution in [0.2, 0.25) is 0 Å². The average molecular weight is 300 g/mol. The summed E-state index contributed by atoms with van der Waals surface area (Å²) in [4.78, 5) is 11.8. The third-order valence-electron chi connectivity index (χ3n) is 3.92. The Bertz CT molecular complexity index is 900. The first-order chi connectivity index (χ1) is 11.4. The van der Waals surface area contributed by atoms with Gasteiger partial charge in [-0.2, -0.15) is 0 Å². The maximum Gasteiger partial charge on any atom is 0.0803 e. The number of pyridine rings is 2. The van der Waals surface area contributed by atoms with Crippen LogP contribution in [0.1, 0.15) is 17.2 Å². The first-order valence-electron chi connectivity index (χ1n) is 7.54. The van der Waals surface area contributed by atoms with Crippen molar-refractivity contribution in [1.29, 1.82) is 0 Å². The smallest absolute Gasteiger partial charge is 0.0803 e. The normalized spacial score (nSPS) is 12.2. The molecule has 4 rings (SSSR count). The highest BCUT2D eigenvalue weighted by molar-refractivity contribution is 5.84. The highest BCUT2D eigenvalue weighted by atomic mass is 14.9. The Kier molecular flexibility index (Phi) is 3.48. The number of aromatic amines is 1. The Morgan fingerprint density at radius 1 is 0.870 bits per heavy atom. The summed E-state index contributed by atoms with van der Waals surface area (Å²) in [6, 6.07) is 16.3. The third-order valence-corrected chi connectivity index (χ3v) is 3.92. The first-order valence-corrected chi connectivity index (χ1v) is 7.54. The molecule has 1 unspecified atom stereocenters. The van der Waals surface area contributed by atoms with Crippen LogP contribution in [-0.2, 0) is 0 Å². The number of para-hydroxylation sites is 1. The number of nitrogens with one attached hydrogen (secondary N) is 2. The number of benzene rings is 1. The number of rotatable bonds is 4. The number of fused-ring (bicyclic) bond motifs is 1. The number of H-pyrrole nitrogens is 1. The summed E-state index contributed by atoms with van der Waals surface area (Å²) in [6.07, 6.45) is 9.36. The molecule has 2 N–H and O–H groups in total. The van der Waals surface area contributed by atoms with Crippen LogP contribution < -0.4 is 5.32 Å². The second-order valence-electron chi connectivity index (χ2n) is 5.40. The zero-order chi connectivity index (χ0) is 15.5. The van der Waals surface area contributed by atoms with Crippen LogP contribution >= 0.6 is 0 Å². The Balaban J connectivity index is 1.82. The van der Waals surface area contributed by atoms with Crippen LogP contribution in [0.4, 0.5) is 5.69 Å². The zero-order valence-corrected chi connectivity index (χ0v) is 12.5. The molecule has 23 heavy (non-hydrogen) atoms. The van der Waals surface area contributed by atoms with Gasteiger partial charge >= 0.3 is 0 Å². The molecule has 0 fully saturated rings. The summed E-state index contributed by atoms with van der Waals surface area (Å²) in [6.45, 7) is 0. The van der Waals surface area contributed by atoms with Crippen molar-refractivity contribution < 1.29 is 0 Å². The van der Waals surface area contributed by atoms with E-state index in [1.807, 2.05) is 36.7 Å². The van der Waals surface area contributed by atoms with Crippen molar-refractivity contribution in [3.05, 3.63) is 90.6 Å². The van der Waals surface area contributed by atoms with Crippen LogP contribution in [0.15, 0.2) is 79.5 Å². The van der Waals surface area contributed by atoms with Gasteiger partial charge in [-0.15, -0.1) is 0 Å². The number of anilines is 1. The zero-order valence-electron chi connectivity index (χ0n) is 12.5. The summed E-state index contributed by atoms with van der Waals surface area (Å²) in [5, 5.41) is 4.77. The van der Waals surface area contributed by atoms with E-state index in [4.69, 9.17) is 0 Å². The van der Waals surface area contributed by atoms with E-state index >= 15 is 0 Å². The van der Waals surface area contributed by atoms with Crippen molar-refractivity contribution in [1.82, 2.24) is 15.0 Å². The van der Waals surface area contributed by atoms with E-state index in [0.29, 0.717) is 0 Å². The van der Waals surface area contributed by atoms with Gasteiger partial charge in [0, 0.05) is 47.5 Å². The molecule has 4 heteroatoms. The molecular weight excluding hydrogens is 284 g/mol. The highest BCUT2D eigenvalue weighted by Crippen LogP contribution is 2.31. The van der Waals surface area contributed by atoms with Crippen LogP contribution in [0.25, 0.3) is 10.9 Å². The molecule has 0 amide bonds. The van der Waals surface area contributed by atoms with Crippen LogP contribution in [0.3, 0.4) is 0 Å². The fourth-order valence-corrected chi connectivity index (χ4v) is 2.83. The van der Waals surface area contributed by atoms with Crippen molar-refractivity contribution in [2.45, 2.75) is 6.04 Å². The number of nitrogens with zero attached hydrogens (tertiary/aromatic N) is 2. The first kappa shape index (κ1) is 13.5. The molecule has 4 aromatic rings. The van der Waals surface area contributed by atoms with E-state index < -0.39 is 0 Å². The second-order valence-corrected chi connectivity index (χ2v) is 5.40. The maximum absolute atomic E-state index is 4.27. The molecule has 0 aliphatic carbocycles. The quantitative estimate of drug-likeness (QED) is 0.595. The lowest BCUT2D eigenvalue weighted by Gasteiger charge is -2.19. The molecule has 0 spiro atoms. The summed E-state index contributed by atoms with van der Waals surface area (Å²) in [5.41, 5.74) is 4.41. The van der Waals surface area contributed by atoms with Gasteiger partial charge in [0.1, 0.15) is 0 Å². The Morgan fingerprint density at radius 2 is 1.70 bits per heavy atom. The standard InChI is InChI=1S/C19H16N4/c1-2-8-18-16(7-1)17(13-22-18)19(14-5-3-9-20-11-14)23-15-6-4-10-21-12-15/h1-13,19,22-23H. The van der Waals surface area contributed by atoms with Crippen LogP contribution in [-0.4, -0.2) is 15.0 Å². The lowest BCUT2D eigenvalue weighted by molar-refractivity contribution is 0.934. The van der Waals surface area contributed by atoms with Crippen molar-refractivity contribution in [2.24, 2.45) is 0 Å². The molecule has 0 bridgehead atoms. The molecule has 1 aromatic carbocycles. The van der Waals surface area contributed by atoms with Gasteiger partial charge in [0.25, 0.3) is 0 Å². The number of hydrogen-bond acceptors (Lipinski definition) is 3. The predicted molar refractivity (Wildman–Crippen MR) is 92.2 cm³/mol. The van der Waals surface area contributed by atoms with E-state index in [2.05, 4.69) is 50.7 Å². The Labute approximate surface area is 134 Å². The minimum absolute atomic E-state index is 0.00375. The van der Waals surface area contributed by atoms with Crippen LogP contribution in [0.5, 0.6) is 0 Å². The number of hydrogen-bond donors (Lipinski definition) is 2. The van der Waals surface area contributed by atoms with Gasteiger partial charge in [-0.05, 0) is 29.8 Å². The van der Waals surface area contributed by atoms with Gasteiger partial charge in [-0.25, -0.2) is 0 Å². The van der Waals surface area contributed by atoms with E-state index in [0.717, 1.165) is 16.8 Å². The van der Waals surface area contributed by atoms with Gasteiger partial charge in [0.2, 0.25) is 0 Å². The van der Waals surface area contributed by atoms with Gasteiger partial charge in [0.05, 0.1) is 11.7 Å². The highest BCUT2D eigenvalue weighted by Gasteiger charge is 2.18. The maximum atomic E-state index is 4.27. The lowest BCUT2D eigenvalue weighted by Crippen LogP contribution is -2.12. The van der Waals surface area contributed by atoms with Crippen molar-refractivity contribution in [2.75, 3.05) is 5.32 Å². The van der Waals surface area contributed by atoms with Crippen molar-refractivity contribution >= 4 is 16.6 Å². The molecule has 0 aliphatic rings. The molecule has 1 atom stereocenters. The van der Waals surface area contributed by atoms with Gasteiger partial charge in [0.15, 0.2) is 0 Å². The van der Waals surface area contributed by atoms with E-state index in [1.165, 1.54) is 10.9 Å². The molecule has 4 nitrogen and oxygen atoms in total. The SMILES string of the molecule is c1cncc(NC(c2cccnc2)c2c[nH]c3ccccc23)c1. The summed E-state index contributed by atoms with van der Waals surface area (Å²) in [7, 11) is 0. The Hall–Kier alpha value is -3.14. The predicted octanol–water partition coefficient (Wildman–Crippen LogP) is 4.16. The Morgan fingerprint density at radius 3 is 2.48 bits per heavy atom. The van der Waals surface area contributed by atoms with Gasteiger partial charge < -0.3 is 10.3 Å². The van der Waals surface area contributed by atoms with Gasteiger partial charge in [-0.1, -0.05) is 24.3 Å². The van der Waals surface area contributed by atoms with E-state index in [9.17, 15) is 0 Å². The lowest BCUT2D eigenvalue weighted by atomic mass is 9.99. The summed E-state index contributed by atoms with van der Waals surface area (Å²) < 4.78 is 0. The molecule has 112 valence electrons. The third kappa shape index (κ3) is 2.66. The number of aromatic nitrogens is 3. The topological polar surface area (TPSA) is 53.6 Å². The molecular formula is C19H16N4. The van der Waals surface area contributed by atoms with E-state index in [1.54, 1.807) is 12.4 Å². The average Bonchev–Trinajstić information content (AvgIpc) is 3.05. The molecule has 0 saturated carbocycles. The minimum Gasteiger partial charge on any atom is -0.373 e. The monoisotopic (exact) mass is 300 g/mol. The molecule has 3 aromatic heterocycles.